The third-order valence-corrected chi connectivity index (χ3v) is 5.42. The second-order valence-electron chi connectivity index (χ2n) is 7.37. The van der Waals surface area contributed by atoms with Gasteiger partial charge in [-0.3, -0.25) is 4.79 Å². The standard InChI is InChI=1S/C22H25N7O/c1-12-9-10-14(23)11-17(12)26-22-27-19(18-13(2)29(4)20(18)28-22)25-16-8-6-5-7-15(16)21(30)24-3/h5-11,13H,23H2,1-4H3,(H,24,30)(H2,25,26,27,28). The summed E-state index contributed by atoms with van der Waals surface area (Å²) in [5, 5.41) is 9.30. The van der Waals surface area contributed by atoms with Crippen LogP contribution in [0.4, 0.5) is 34.6 Å². The second kappa shape index (κ2) is 7.55. The van der Waals surface area contributed by atoms with Crippen LogP contribution in [0.2, 0.25) is 0 Å². The van der Waals surface area contributed by atoms with Crippen LogP contribution in [0, 0.1) is 6.92 Å². The van der Waals surface area contributed by atoms with Gasteiger partial charge in [0.15, 0.2) is 0 Å². The van der Waals surface area contributed by atoms with E-state index >= 15 is 0 Å². The summed E-state index contributed by atoms with van der Waals surface area (Å²) in [4.78, 5) is 23.8. The molecule has 0 fully saturated rings. The summed E-state index contributed by atoms with van der Waals surface area (Å²) in [6.45, 7) is 4.09. The number of carbonyl (C=O) groups excluding carboxylic acids is 1. The number of anilines is 6. The first-order valence-corrected chi connectivity index (χ1v) is 9.75. The maximum atomic E-state index is 12.3. The lowest BCUT2D eigenvalue weighted by atomic mass is 10.00. The van der Waals surface area contributed by atoms with E-state index < -0.39 is 0 Å². The van der Waals surface area contributed by atoms with Gasteiger partial charge in [-0.05, 0) is 43.7 Å². The Morgan fingerprint density at radius 3 is 2.63 bits per heavy atom. The average molecular weight is 403 g/mol. The number of fused-ring (bicyclic) bond motifs is 1. The summed E-state index contributed by atoms with van der Waals surface area (Å²) in [6.07, 6.45) is 0. The zero-order valence-corrected chi connectivity index (χ0v) is 17.4. The zero-order valence-electron chi connectivity index (χ0n) is 17.4. The highest BCUT2D eigenvalue weighted by Gasteiger charge is 2.34. The van der Waals surface area contributed by atoms with Gasteiger partial charge in [-0.1, -0.05) is 18.2 Å². The molecule has 30 heavy (non-hydrogen) atoms. The molecule has 0 aliphatic carbocycles. The third-order valence-electron chi connectivity index (χ3n) is 5.42. The number of aryl methyl sites for hydroxylation is 1. The van der Waals surface area contributed by atoms with Crippen molar-refractivity contribution < 1.29 is 4.79 Å². The van der Waals surface area contributed by atoms with E-state index in [1.165, 1.54) is 0 Å². The number of nitrogens with zero attached hydrogens (tertiary/aromatic N) is 3. The molecule has 1 aliphatic heterocycles. The van der Waals surface area contributed by atoms with Crippen LogP contribution in [0.25, 0.3) is 0 Å². The van der Waals surface area contributed by atoms with Crippen molar-refractivity contribution in [2.45, 2.75) is 19.9 Å². The van der Waals surface area contributed by atoms with Gasteiger partial charge in [-0.15, -0.1) is 0 Å². The molecule has 5 N–H and O–H groups in total. The first-order valence-electron chi connectivity index (χ1n) is 9.75. The number of amides is 1. The minimum atomic E-state index is -0.162. The van der Waals surface area contributed by atoms with Crippen LogP contribution in [0.5, 0.6) is 0 Å². The molecule has 1 atom stereocenters. The molecule has 0 saturated carbocycles. The van der Waals surface area contributed by atoms with Gasteiger partial charge in [0.1, 0.15) is 11.6 Å². The van der Waals surface area contributed by atoms with Gasteiger partial charge >= 0.3 is 0 Å². The SMILES string of the molecule is CNC(=O)c1ccccc1Nc1nc(Nc2cc(N)ccc2C)nc2c1C(C)N2C. The van der Waals surface area contributed by atoms with Crippen LogP contribution >= 0.6 is 0 Å². The fourth-order valence-electron chi connectivity index (χ4n) is 3.52. The van der Waals surface area contributed by atoms with E-state index in [0.717, 1.165) is 22.6 Å². The molecule has 1 unspecified atom stereocenters. The Morgan fingerprint density at radius 1 is 1.10 bits per heavy atom. The minimum absolute atomic E-state index is 0.162. The Bertz CT molecular complexity index is 1130. The molecule has 0 radical (unpaired) electrons. The van der Waals surface area contributed by atoms with E-state index in [0.29, 0.717) is 28.7 Å². The number of carbonyl (C=O) groups is 1. The fraction of sp³-hybridized carbons (Fsp3) is 0.227. The van der Waals surface area contributed by atoms with Crippen molar-refractivity contribution in [2.24, 2.45) is 0 Å². The summed E-state index contributed by atoms with van der Waals surface area (Å²) in [6, 6.07) is 13.2. The first kappa shape index (κ1) is 19.5. The molecule has 154 valence electrons. The molecule has 0 saturated heterocycles. The normalized spacial score (nSPS) is 14.5. The number of aromatic nitrogens is 2. The second-order valence-corrected chi connectivity index (χ2v) is 7.37. The van der Waals surface area contributed by atoms with Gasteiger partial charge in [-0.2, -0.15) is 9.97 Å². The quantitative estimate of drug-likeness (QED) is 0.481. The molecule has 2 heterocycles. The van der Waals surface area contributed by atoms with Crippen LogP contribution in [-0.4, -0.2) is 30.0 Å². The highest BCUT2D eigenvalue weighted by molar-refractivity contribution is 6.00. The number of nitrogen functional groups attached to an aromatic ring is 1. The number of nitrogens with one attached hydrogen (secondary N) is 3. The summed E-state index contributed by atoms with van der Waals surface area (Å²) in [5.41, 5.74) is 10.7. The van der Waals surface area contributed by atoms with E-state index in [2.05, 4.69) is 32.8 Å². The number of nitrogens with two attached hydrogens (primary N) is 1. The monoisotopic (exact) mass is 403 g/mol. The van der Waals surface area contributed by atoms with Crippen molar-refractivity contribution in [2.75, 3.05) is 35.4 Å². The highest BCUT2D eigenvalue weighted by Crippen LogP contribution is 2.45. The van der Waals surface area contributed by atoms with Crippen LogP contribution in [0.3, 0.4) is 0 Å². The summed E-state index contributed by atoms with van der Waals surface area (Å²) < 4.78 is 0. The molecule has 0 bridgehead atoms. The van der Waals surface area contributed by atoms with Crippen molar-refractivity contribution in [1.82, 2.24) is 15.3 Å². The molecule has 1 aliphatic rings. The van der Waals surface area contributed by atoms with E-state index in [-0.39, 0.29) is 11.9 Å². The Morgan fingerprint density at radius 2 is 1.87 bits per heavy atom. The van der Waals surface area contributed by atoms with Crippen LogP contribution in [0.1, 0.15) is 34.5 Å². The lowest BCUT2D eigenvalue weighted by molar-refractivity contribution is 0.0964. The highest BCUT2D eigenvalue weighted by atomic mass is 16.1. The third kappa shape index (κ3) is 3.36. The van der Waals surface area contributed by atoms with Gasteiger partial charge in [-0.25, -0.2) is 0 Å². The number of hydrogen-bond acceptors (Lipinski definition) is 7. The Hall–Kier alpha value is -3.81. The lowest BCUT2D eigenvalue weighted by Gasteiger charge is -2.39. The maximum absolute atomic E-state index is 12.3. The first-order chi connectivity index (χ1) is 14.4. The average Bonchev–Trinajstić information content (AvgIpc) is 2.75. The minimum Gasteiger partial charge on any atom is -0.399 e. The van der Waals surface area contributed by atoms with Crippen LogP contribution < -0.4 is 26.6 Å². The van der Waals surface area contributed by atoms with Crippen molar-refractivity contribution in [1.29, 1.82) is 0 Å². The van der Waals surface area contributed by atoms with Crippen molar-refractivity contribution in [3.05, 3.63) is 59.2 Å². The molecule has 8 heteroatoms. The lowest BCUT2D eigenvalue weighted by Crippen LogP contribution is -2.35. The van der Waals surface area contributed by atoms with Crippen molar-refractivity contribution in [3.63, 3.8) is 0 Å². The van der Waals surface area contributed by atoms with Crippen molar-refractivity contribution >= 4 is 40.6 Å². The summed E-state index contributed by atoms with van der Waals surface area (Å²) in [7, 11) is 3.61. The van der Waals surface area contributed by atoms with Gasteiger partial charge < -0.3 is 26.6 Å². The Labute approximate surface area is 175 Å². The number of rotatable bonds is 5. The molecule has 2 aromatic carbocycles. The van der Waals surface area contributed by atoms with Gasteiger partial charge in [0.25, 0.3) is 5.91 Å². The molecule has 8 nitrogen and oxygen atoms in total. The summed E-state index contributed by atoms with van der Waals surface area (Å²) in [5.74, 6) is 1.82. The fourth-order valence-corrected chi connectivity index (χ4v) is 3.52. The molecule has 0 spiro atoms. The van der Waals surface area contributed by atoms with Crippen LogP contribution in [-0.2, 0) is 0 Å². The van der Waals surface area contributed by atoms with Crippen molar-refractivity contribution in [3.8, 4) is 0 Å². The molecule has 3 aromatic rings. The van der Waals surface area contributed by atoms with Gasteiger partial charge in [0.2, 0.25) is 5.95 Å². The van der Waals surface area contributed by atoms with Gasteiger partial charge in [0.05, 0.1) is 22.9 Å². The number of benzene rings is 2. The van der Waals surface area contributed by atoms with E-state index in [4.69, 9.17) is 10.7 Å². The van der Waals surface area contributed by atoms with Crippen LogP contribution in [0.15, 0.2) is 42.5 Å². The maximum Gasteiger partial charge on any atom is 0.253 e. The Balaban J connectivity index is 1.75. The zero-order chi connectivity index (χ0) is 21.4. The smallest absolute Gasteiger partial charge is 0.253 e. The molecular weight excluding hydrogens is 378 g/mol. The molecule has 4 rings (SSSR count). The predicted molar refractivity (Wildman–Crippen MR) is 121 cm³/mol. The number of hydrogen-bond donors (Lipinski definition) is 4. The molecule has 1 amide bonds. The van der Waals surface area contributed by atoms with Gasteiger partial charge in [0, 0.05) is 25.5 Å². The van der Waals surface area contributed by atoms with E-state index in [9.17, 15) is 4.79 Å². The van der Waals surface area contributed by atoms with E-state index in [1.54, 1.807) is 13.1 Å². The predicted octanol–water partition coefficient (Wildman–Crippen LogP) is 3.72. The Kier molecular flexibility index (Phi) is 4.91. The van der Waals surface area contributed by atoms with E-state index in [1.807, 2.05) is 50.4 Å². The number of para-hydroxylation sites is 1. The molecule has 1 aromatic heterocycles. The molecular formula is C22H25N7O. The largest absolute Gasteiger partial charge is 0.399 e. The summed E-state index contributed by atoms with van der Waals surface area (Å²) >= 11 is 0. The topological polar surface area (TPSA) is 108 Å².